The van der Waals surface area contributed by atoms with Crippen LogP contribution in [0.1, 0.15) is 33.4 Å². The summed E-state index contributed by atoms with van der Waals surface area (Å²) in [6.07, 6.45) is 0. The van der Waals surface area contributed by atoms with Gasteiger partial charge in [-0.1, -0.05) is 120 Å². The first-order valence-corrected chi connectivity index (χ1v) is 12.9. The third-order valence-corrected chi connectivity index (χ3v) is 6.00. The zero-order chi connectivity index (χ0) is 28.7. The molecule has 0 radical (unpaired) electrons. The molecule has 1 N–H and O–H groups in total. The second-order valence-corrected chi connectivity index (χ2v) is 9.03. The maximum atomic E-state index is 12.6. The quantitative estimate of drug-likeness (QED) is 0.0674. The number of hydrogen-bond acceptors (Lipinski definition) is 5. The maximum Gasteiger partial charge on any atom is 4.00 e. The molecule has 0 heterocycles. The molecule has 0 unspecified atom stereocenters. The molecular formula is C32H31FeN6O2+. The van der Waals surface area contributed by atoms with E-state index in [1.807, 2.05) is 98.8 Å². The molecule has 0 saturated heterocycles. The van der Waals surface area contributed by atoms with Crippen LogP contribution in [0.4, 0.5) is 0 Å². The molecule has 9 heteroatoms. The van der Waals surface area contributed by atoms with E-state index in [1.54, 1.807) is 12.1 Å². The number of aliphatic imine (C=N–C) groups is 2. The van der Waals surface area contributed by atoms with E-state index >= 15 is 0 Å². The summed E-state index contributed by atoms with van der Waals surface area (Å²) in [6.45, 7) is 6.16. The van der Waals surface area contributed by atoms with Crippen molar-refractivity contribution in [2.45, 2.75) is 13.8 Å². The minimum Gasteiger partial charge on any atom is -0.872 e. The van der Waals surface area contributed by atoms with Crippen molar-refractivity contribution < 1.29 is 27.3 Å². The third kappa shape index (κ3) is 9.94. The molecule has 0 aliphatic carbocycles. The Bertz CT molecular complexity index is 1380. The third-order valence-electron chi connectivity index (χ3n) is 6.00. The van der Waals surface area contributed by atoms with Crippen molar-refractivity contribution in [1.82, 2.24) is 5.32 Å². The van der Waals surface area contributed by atoms with Crippen molar-refractivity contribution >= 4 is 11.4 Å². The molecule has 4 rings (SSSR count). The van der Waals surface area contributed by atoms with Gasteiger partial charge in [0.25, 0.3) is 0 Å². The smallest absolute Gasteiger partial charge is 0.872 e. The summed E-state index contributed by atoms with van der Waals surface area (Å²) in [7, 11) is 0. The van der Waals surface area contributed by atoms with E-state index in [4.69, 9.17) is 21.0 Å². The van der Waals surface area contributed by atoms with Crippen LogP contribution in [0.25, 0.3) is 16.0 Å². The number of nitrogens with zero attached hydrogens (tertiary/aromatic N) is 5. The molecule has 0 saturated carbocycles. The molecule has 0 fully saturated rings. The number of aryl methyl sites for hydroxylation is 2. The molecule has 0 atom stereocenters. The van der Waals surface area contributed by atoms with Crippen LogP contribution < -0.4 is 15.5 Å². The van der Waals surface area contributed by atoms with Gasteiger partial charge in [-0.3, -0.25) is 14.9 Å². The Labute approximate surface area is 251 Å². The van der Waals surface area contributed by atoms with Gasteiger partial charge in [-0.05, 0) is 25.0 Å². The SMILES string of the molecule is Cc1ccc(C(=NCCNCCN=C(c2ccccc2)c2ccc(C)cc2[O-])c2ccccc2)c([O-])c1.[Fe+4].[N-]=[N+]=[N-]. The zero-order valence-electron chi connectivity index (χ0n) is 23.0. The van der Waals surface area contributed by atoms with Crippen molar-refractivity contribution in [3.63, 3.8) is 0 Å². The van der Waals surface area contributed by atoms with Crippen LogP contribution >= 0.6 is 0 Å². The van der Waals surface area contributed by atoms with Gasteiger partial charge in [0.15, 0.2) is 0 Å². The molecular weight excluding hydrogens is 556 g/mol. The molecule has 0 spiro atoms. The van der Waals surface area contributed by atoms with Crippen LogP contribution in [0, 0.1) is 13.8 Å². The van der Waals surface area contributed by atoms with E-state index in [2.05, 4.69) is 5.32 Å². The van der Waals surface area contributed by atoms with Gasteiger partial charge in [-0.25, -0.2) is 0 Å². The molecule has 0 bridgehead atoms. The monoisotopic (exact) mass is 587 g/mol. The molecule has 208 valence electrons. The van der Waals surface area contributed by atoms with Crippen LogP contribution in [0.15, 0.2) is 107 Å². The average Bonchev–Trinajstić information content (AvgIpc) is 2.95. The molecule has 0 amide bonds. The van der Waals surface area contributed by atoms with Crippen molar-refractivity contribution in [2.24, 2.45) is 9.98 Å². The molecule has 4 aromatic carbocycles. The van der Waals surface area contributed by atoms with E-state index in [9.17, 15) is 10.2 Å². The zero-order valence-corrected chi connectivity index (χ0v) is 24.1. The Balaban J connectivity index is 0.00000141. The summed E-state index contributed by atoms with van der Waals surface area (Å²) in [5.74, 6) is -0.0422. The first-order chi connectivity index (χ1) is 19.4. The number of rotatable bonds is 10. The van der Waals surface area contributed by atoms with E-state index in [-0.39, 0.29) is 28.6 Å². The number of hydrogen-bond donors (Lipinski definition) is 1. The average molecular weight is 587 g/mol. The van der Waals surface area contributed by atoms with Crippen molar-refractivity contribution in [2.75, 3.05) is 26.2 Å². The largest absolute Gasteiger partial charge is 4.00 e. The van der Waals surface area contributed by atoms with Gasteiger partial charge >= 0.3 is 17.1 Å². The Morgan fingerprint density at radius 3 is 1.37 bits per heavy atom. The Morgan fingerprint density at radius 1 is 0.659 bits per heavy atom. The summed E-state index contributed by atoms with van der Waals surface area (Å²) >= 11 is 0. The normalized spacial score (nSPS) is 11.1. The molecule has 8 nitrogen and oxygen atoms in total. The maximum absolute atomic E-state index is 12.6. The summed E-state index contributed by atoms with van der Waals surface area (Å²) in [6, 6.07) is 30.5. The number of nitrogens with one attached hydrogen (secondary N) is 1. The topological polar surface area (TPSA) is 142 Å². The molecule has 0 aromatic heterocycles. The summed E-state index contributed by atoms with van der Waals surface area (Å²) < 4.78 is 0. The van der Waals surface area contributed by atoms with E-state index in [0.717, 1.165) is 22.3 Å². The van der Waals surface area contributed by atoms with Gasteiger partial charge in [0.1, 0.15) is 0 Å². The van der Waals surface area contributed by atoms with Crippen LogP contribution in [0.5, 0.6) is 11.5 Å². The minimum absolute atomic E-state index is 0. The second-order valence-electron chi connectivity index (χ2n) is 9.03. The van der Waals surface area contributed by atoms with Crippen LogP contribution in [-0.2, 0) is 17.1 Å². The van der Waals surface area contributed by atoms with Crippen molar-refractivity contribution in [1.29, 1.82) is 0 Å². The minimum atomic E-state index is -0.0211. The van der Waals surface area contributed by atoms with Gasteiger partial charge in [-0.2, -0.15) is 0 Å². The fourth-order valence-corrected chi connectivity index (χ4v) is 4.12. The summed E-state index contributed by atoms with van der Waals surface area (Å²) in [5, 5.41) is 28.7. The van der Waals surface area contributed by atoms with Crippen LogP contribution in [0.2, 0.25) is 0 Å². The summed E-state index contributed by atoms with van der Waals surface area (Å²) in [5.41, 5.74) is 19.9. The molecule has 4 aromatic rings. The molecule has 0 aliphatic rings. The van der Waals surface area contributed by atoms with Gasteiger partial charge in [0.05, 0.1) is 24.5 Å². The standard InChI is InChI=1S/C32H33N3O2.Fe.N3/c1-23-13-15-27(29(36)21-23)31(25-9-5-3-6-10-25)34-19-17-33-18-20-35-32(26-11-7-4-8-12-26)28-16-14-24(2)22-30(28)37;;1-3-2/h3-16,21-22,33,36-37H,17-20H2,1-2H3;;/q;+4;-1/p-2. The number of benzene rings is 4. The fourth-order valence-electron chi connectivity index (χ4n) is 4.12. The van der Waals surface area contributed by atoms with Crippen molar-refractivity contribution in [3.8, 4) is 11.5 Å². The van der Waals surface area contributed by atoms with Gasteiger partial charge in [0.2, 0.25) is 0 Å². The predicted molar refractivity (Wildman–Crippen MR) is 158 cm³/mol. The van der Waals surface area contributed by atoms with Gasteiger partial charge < -0.3 is 26.6 Å². The fraction of sp³-hybridized carbons (Fsp3) is 0.188. The first-order valence-electron chi connectivity index (χ1n) is 12.9. The second kappa shape index (κ2) is 17.3. The summed E-state index contributed by atoms with van der Waals surface area (Å²) in [4.78, 5) is 11.1. The Hall–Kier alpha value is -4.39. The van der Waals surface area contributed by atoms with Crippen molar-refractivity contribution in [3.05, 3.63) is 146 Å². The Morgan fingerprint density at radius 2 is 1.02 bits per heavy atom. The predicted octanol–water partition coefficient (Wildman–Crippen LogP) is 5.28. The van der Waals surface area contributed by atoms with E-state index in [1.165, 1.54) is 4.91 Å². The van der Waals surface area contributed by atoms with Gasteiger partial charge in [-0.15, -0.1) is 0 Å². The molecule has 0 aliphatic heterocycles. The molecule has 41 heavy (non-hydrogen) atoms. The van der Waals surface area contributed by atoms with E-state index in [0.29, 0.717) is 48.7 Å². The van der Waals surface area contributed by atoms with Gasteiger partial charge in [0, 0.05) is 24.2 Å². The first kappa shape index (κ1) is 32.8. The Kier molecular flexibility index (Phi) is 13.9. The van der Waals surface area contributed by atoms with Crippen LogP contribution in [-0.4, -0.2) is 37.6 Å². The van der Waals surface area contributed by atoms with Crippen LogP contribution in [0.3, 0.4) is 0 Å². The van der Waals surface area contributed by atoms with E-state index < -0.39 is 0 Å².